The molecule has 6 N–H and O–H groups in total. The van der Waals surface area contributed by atoms with Gasteiger partial charge >= 0.3 is 5.97 Å². The minimum atomic E-state index is -0.803. The van der Waals surface area contributed by atoms with Gasteiger partial charge in [-0.3, -0.25) is 4.79 Å². The molecule has 0 aliphatic carbocycles. The number of carbonyl (C=O) groups is 1. The van der Waals surface area contributed by atoms with E-state index in [1.165, 1.54) is 0 Å². The monoisotopic (exact) mass is 186 g/mol. The number of hydrogen-bond donors (Lipinski definition) is 4. The Labute approximate surface area is 76.0 Å². The van der Waals surface area contributed by atoms with Crippen LogP contribution >= 0.6 is 0 Å². The molecule has 13 heavy (non-hydrogen) atoms. The number of piperidine rings is 1. The van der Waals surface area contributed by atoms with E-state index in [0.29, 0.717) is 19.5 Å². The first-order valence-corrected chi connectivity index (χ1v) is 4.12. The number of guanidine groups is 1. The second-order valence-corrected chi connectivity index (χ2v) is 3.14. The molecule has 1 aliphatic heterocycles. The van der Waals surface area contributed by atoms with Crippen molar-refractivity contribution in [3.8, 4) is 0 Å². The molecule has 1 heterocycles. The summed E-state index contributed by atoms with van der Waals surface area (Å²) in [4.78, 5) is 14.6. The number of aliphatic imine (C=N–C) groups is 1. The van der Waals surface area contributed by atoms with Crippen LogP contribution in [0.25, 0.3) is 0 Å². The molecule has 0 radical (unpaired) electrons. The zero-order chi connectivity index (χ0) is 9.84. The van der Waals surface area contributed by atoms with Crippen molar-refractivity contribution in [3.05, 3.63) is 0 Å². The van der Waals surface area contributed by atoms with Gasteiger partial charge in [0, 0.05) is 13.1 Å². The Kier molecular flexibility index (Phi) is 3.07. The molecule has 0 bridgehead atoms. The highest BCUT2D eigenvalue weighted by Gasteiger charge is 2.26. The maximum absolute atomic E-state index is 10.6. The zero-order valence-corrected chi connectivity index (χ0v) is 7.23. The number of carboxylic acids is 1. The average Bonchev–Trinajstić information content (AvgIpc) is 2.03. The Balaban J connectivity index is 2.51. The van der Waals surface area contributed by atoms with Gasteiger partial charge in [0.2, 0.25) is 0 Å². The highest BCUT2D eigenvalue weighted by atomic mass is 16.4. The van der Waals surface area contributed by atoms with E-state index in [1.807, 2.05) is 0 Å². The summed E-state index contributed by atoms with van der Waals surface area (Å²) in [6.45, 7) is 1.13. The molecule has 74 valence electrons. The summed E-state index contributed by atoms with van der Waals surface area (Å²) < 4.78 is 0. The van der Waals surface area contributed by atoms with Gasteiger partial charge in [0.25, 0.3) is 0 Å². The Bertz CT molecular complexity index is 225. The second-order valence-electron chi connectivity index (χ2n) is 3.14. The summed E-state index contributed by atoms with van der Waals surface area (Å²) in [5, 5.41) is 11.7. The first kappa shape index (κ1) is 9.79. The van der Waals surface area contributed by atoms with E-state index >= 15 is 0 Å². The van der Waals surface area contributed by atoms with Gasteiger partial charge in [-0.2, -0.15) is 0 Å². The van der Waals surface area contributed by atoms with E-state index in [0.717, 1.165) is 0 Å². The molecule has 0 spiro atoms. The lowest BCUT2D eigenvalue weighted by Gasteiger charge is -2.24. The van der Waals surface area contributed by atoms with Crippen LogP contribution in [0.5, 0.6) is 0 Å². The normalized spacial score (nSPS) is 28.0. The maximum Gasteiger partial charge on any atom is 0.307 e. The molecule has 0 aromatic rings. The van der Waals surface area contributed by atoms with E-state index < -0.39 is 5.97 Å². The molecule has 2 unspecified atom stereocenters. The number of nitrogens with zero attached hydrogens (tertiary/aromatic N) is 1. The van der Waals surface area contributed by atoms with Gasteiger partial charge in [-0.15, -0.1) is 0 Å². The van der Waals surface area contributed by atoms with E-state index in [4.69, 9.17) is 16.6 Å². The third kappa shape index (κ3) is 2.90. The standard InChI is InChI=1S/C7H14N4O2/c8-7(9)11-5-1-4(6(12)13)2-10-3-5/h4-5,10H,1-3H2,(H,12,13)(H4,8,9,11). The van der Waals surface area contributed by atoms with Crippen molar-refractivity contribution in [1.82, 2.24) is 5.32 Å². The number of aliphatic carboxylic acids is 1. The molecule has 6 heteroatoms. The van der Waals surface area contributed by atoms with Crippen LogP contribution in [0.2, 0.25) is 0 Å². The zero-order valence-electron chi connectivity index (χ0n) is 7.23. The Hall–Kier alpha value is -1.30. The average molecular weight is 186 g/mol. The summed E-state index contributed by atoms with van der Waals surface area (Å²) in [6, 6.07) is -0.111. The Morgan fingerprint density at radius 2 is 2.15 bits per heavy atom. The van der Waals surface area contributed by atoms with E-state index in [-0.39, 0.29) is 17.9 Å². The molecular formula is C7H14N4O2. The number of carboxylic acid groups (broad SMARTS) is 1. The van der Waals surface area contributed by atoms with Crippen molar-refractivity contribution < 1.29 is 9.90 Å². The molecule has 6 nitrogen and oxygen atoms in total. The highest BCUT2D eigenvalue weighted by molar-refractivity contribution is 5.76. The quantitative estimate of drug-likeness (QED) is 0.304. The van der Waals surface area contributed by atoms with Crippen LogP contribution in [-0.2, 0) is 4.79 Å². The van der Waals surface area contributed by atoms with Crippen LogP contribution in [-0.4, -0.2) is 36.2 Å². The van der Waals surface area contributed by atoms with Crippen LogP contribution in [0.1, 0.15) is 6.42 Å². The predicted molar refractivity (Wildman–Crippen MR) is 48.2 cm³/mol. The summed E-state index contributed by atoms with van der Waals surface area (Å²) in [6.07, 6.45) is 0.500. The lowest BCUT2D eigenvalue weighted by atomic mass is 9.96. The van der Waals surface area contributed by atoms with E-state index in [1.54, 1.807) is 0 Å². The van der Waals surface area contributed by atoms with Gasteiger partial charge in [0.15, 0.2) is 5.96 Å². The van der Waals surface area contributed by atoms with Gasteiger partial charge in [0.1, 0.15) is 0 Å². The van der Waals surface area contributed by atoms with Gasteiger partial charge in [0.05, 0.1) is 12.0 Å². The fourth-order valence-electron chi connectivity index (χ4n) is 1.42. The van der Waals surface area contributed by atoms with Crippen LogP contribution in [0.4, 0.5) is 0 Å². The molecule has 1 fully saturated rings. The number of hydrogen-bond acceptors (Lipinski definition) is 3. The topological polar surface area (TPSA) is 114 Å². The molecule has 0 saturated carbocycles. The second kappa shape index (κ2) is 4.08. The highest BCUT2D eigenvalue weighted by Crippen LogP contribution is 2.13. The third-order valence-corrected chi connectivity index (χ3v) is 2.01. The van der Waals surface area contributed by atoms with Gasteiger partial charge in [-0.05, 0) is 6.42 Å². The lowest BCUT2D eigenvalue weighted by molar-refractivity contribution is -0.142. The minimum absolute atomic E-state index is 0.0119. The lowest BCUT2D eigenvalue weighted by Crippen LogP contribution is -2.43. The summed E-state index contributed by atoms with van der Waals surface area (Å²) in [7, 11) is 0. The molecule has 0 aromatic heterocycles. The predicted octanol–water partition coefficient (Wildman–Crippen LogP) is -1.68. The van der Waals surface area contributed by atoms with E-state index in [2.05, 4.69) is 10.3 Å². The smallest absolute Gasteiger partial charge is 0.307 e. The number of rotatable bonds is 2. The van der Waals surface area contributed by atoms with Gasteiger partial charge in [-0.1, -0.05) is 0 Å². The van der Waals surface area contributed by atoms with Crippen molar-refractivity contribution >= 4 is 11.9 Å². The van der Waals surface area contributed by atoms with Crippen LogP contribution in [0, 0.1) is 5.92 Å². The Morgan fingerprint density at radius 3 is 2.69 bits per heavy atom. The molecule has 0 aromatic carbocycles. The Morgan fingerprint density at radius 1 is 1.46 bits per heavy atom. The third-order valence-electron chi connectivity index (χ3n) is 2.01. The number of nitrogens with two attached hydrogens (primary N) is 2. The minimum Gasteiger partial charge on any atom is -0.481 e. The SMILES string of the molecule is NC(N)=NC1CNCC(C(=O)O)C1. The van der Waals surface area contributed by atoms with Crippen molar-refractivity contribution in [2.24, 2.45) is 22.4 Å². The summed E-state index contributed by atoms with van der Waals surface area (Å²) >= 11 is 0. The fraction of sp³-hybridized carbons (Fsp3) is 0.714. The maximum atomic E-state index is 10.6. The molecule has 0 amide bonds. The van der Waals surface area contributed by atoms with Crippen molar-refractivity contribution in [2.45, 2.75) is 12.5 Å². The number of nitrogens with one attached hydrogen (secondary N) is 1. The summed E-state index contributed by atoms with van der Waals surface area (Å²) in [5.41, 5.74) is 10.4. The van der Waals surface area contributed by atoms with Crippen LogP contribution < -0.4 is 16.8 Å². The van der Waals surface area contributed by atoms with Crippen LogP contribution in [0.15, 0.2) is 4.99 Å². The molecule has 2 atom stereocenters. The molecule has 1 rings (SSSR count). The molecular weight excluding hydrogens is 172 g/mol. The summed E-state index contributed by atoms with van der Waals surface area (Å²) in [5.74, 6) is -1.18. The largest absolute Gasteiger partial charge is 0.481 e. The van der Waals surface area contributed by atoms with Gasteiger partial charge in [-0.25, -0.2) is 4.99 Å². The van der Waals surface area contributed by atoms with Crippen molar-refractivity contribution in [1.29, 1.82) is 0 Å². The van der Waals surface area contributed by atoms with Crippen molar-refractivity contribution in [2.75, 3.05) is 13.1 Å². The fourth-order valence-corrected chi connectivity index (χ4v) is 1.42. The van der Waals surface area contributed by atoms with E-state index in [9.17, 15) is 4.79 Å². The van der Waals surface area contributed by atoms with Gasteiger partial charge < -0.3 is 21.9 Å². The first-order valence-electron chi connectivity index (χ1n) is 4.12. The molecule has 1 saturated heterocycles. The van der Waals surface area contributed by atoms with Crippen LogP contribution in [0.3, 0.4) is 0 Å². The first-order chi connectivity index (χ1) is 6.09. The molecule has 1 aliphatic rings. The van der Waals surface area contributed by atoms with Crippen molar-refractivity contribution in [3.63, 3.8) is 0 Å².